The van der Waals surface area contributed by atoms with Crippen LogP contribution >= 0.6 is 0 Å². The molecule has 0 saturated carbocycles. The Morgan fingerprint density at radius 1 is 1.00 bits per heavy atom. The summed E-state index contributed by atoms with van der Waals surface area (Å²) in [6.45, 7) is 6.93. The number of nitrogens with one attached hydrogen (secondary N) is 1. The standard InChI is InChI=1S/C19H20N4O2.C2H6/c1-12-11-20-16-10-15(25-3)7-8-17(16)23-18(12)21-22-19(23)13-5-4-6-14(9-13)24-2;1-2/h4-10,12,20H,11H2,1-3H3;1-2H3. The summed E-state index contributed by atoms with van der Waals surface area (Å²) in [7, 11) is 3.34. The molecule has 1 N–H and O–H groups in total. The number of aromatic nitrogens is 3. The summed E-state index contributed by atoms with van der Waals surface area (Å²) in [6, 6.07) is 13.9. The molecule has 1 aliphatic heterocycles. The van der Waals surface area contributed by atoms with E-state index in [9.17, 15) is 0 Å². The van der Waals surface area contributed by atoms with Crippen molar-refractivity contribution in [2.75, 3.05) is 26.1 Å². The zero-order valence-electron chi connectivity index (χ0n) is 16.5. The lowest BCUT2D eigenvalue weighted by Gasteiger charge is -2.13. The number of methoxy groups -OCH3 is 2. The Hall–Kier alpha value is -3.02. The van der Waals surface area contributed by atoms with Gasteiger partial charge in [-0.3, -0.25) is 4.57 Å². The molecule has 6 nitrogen and oxygen atoms in total. The Balaban J connectivity index is 0.00000102. The third kappa shape index (κ3) is 3.47. The number of nitrogens with zero attached hydrogens (tertiary/aromatic N) is 3. The molecule has 27 heavy (non-hydrogen) atoms. The summed E-state index contributed by atoms with van der Waals surface area (Å²) in [6.07, 6.45) is 0. The van der Waals surface area contributed by atoms with Crippen LogP contribution in [0.15, 0.2) is 42.5 Å². The van der Waals surface area contributed by atoms with E-state index in [0.717, 1.165) is 46.6 Å². The van der Waals surface area contributed by atoms with E-state index in [2.05, 4.69) is 27.0 Å². The summed E-state index contributed by atoms with van der Waals surface area (Å²) in [5.74, 6) is 3.58. The molecule has 2 aromatic carbocycles. The van der Waals surface area contributed by atoms with Gasteiger partial charge in [-0.25, -0.2) is 0 Å². The highest BCUT2D eigenvalue weighted by atomic mass is 16.5. The molecule has 1 atom stereocenters. The molecule has 0 saturated heterocycles. The van der Waals surface area contributed by atoms with E-state index in [1.165, 1.54) is 0 Å². The predicted molar refractivity (Wildman–Crippen MR) is 108 cm³/mol. The van der Waals surface area contributed by atoms with Crippen LogP contribution in [-0.2, 0) is 0 Å². The van der Waals surface area contributed by atoms with E-state index in [-0.39, 0.29) is 5.92 Å². The average Bonchev–Trinajstić information content (AvgIpc) is 3.12. The highest BCUT2D eigenvalue weighted by molar-refractivity contribution is 5.70. The van der Waals surface area contributed by atoms with E-state index >= 15 is 0 Å². The molecule has 1 aromatic heterocycles. The number of anilines is 1. The fourth-order valence-corrected chi connectivity index (χ4v) is 3.14. The van der Waals surface area contributed by atoms with Crippen LogP contribution in [0.4, 0.5) is 5.69 Å². The van der Waals surface area contributed by atoms with E-state index in [0.29, 0.717) is 0 Å². The molecule has 1 aliphatic rings. The molecule has 0 radical (unpaired) electrons. The first-order valence-corrected chi connectivity index (χ1v) is 9.23. The highest BCUT2D eigenvalue weighted by Crippen LogP contribution is 2.35. The van der Waals surface area contributed by atoms with Crippen molar-refractivity contribution >= 4 is 5.69 Å². The van der Waals surface area contributed by atoms with E-state index in [1.807, 2.05) is 56.3 Å². The molecular formula is C21H26N4O2. The number of hydrogen-bond donors (Lipinski definition) is 1. The van der Waals surface area contributed by atoms with E-state index < -0.39 is 0 Å². The second-order valence-electron chi connectivity index (χ2n) is 6.11. The van der Waals surface area contributed by atoms with Gasteiger partial charge in [-0.1, -0.05) is 32.9 Å². The van der Waals surface area contributed by atoms with E-state index in [1.54, 1.807) is 14.2 Å². The number of ether oxygens (including phenoxy) is 2. The van der Waals surface area contributed by atoms with Gasteiger partial charge in [0.25, 0.3) is 0 Å². The molecule has 142 valence electrons. The van der Waals surface area contributed by atoms with Gasteiger partial charge in [-0.2, -0.15) is 0 Å². The summed E-state index contributed by atoms with van der Waals surface area (Å²) in [5.41, 5.74) is 2.99. The summed E-state index contributed by atoms with van der Waals surface area (Å²) < 4.78 is 12.8. The Kier molecular flexibility index (Phi) is 5.64. The van der Waals surface area contributed by atoms with Gasteiger partial charge in [-0.15, -0.1) is 10.2 Å². The zero-order chi connectivity index (χ0) is 19.4. The predicted octanol–water partition coefficient (Wildman–Crippen LogP) is 4.51. The van der Waals surface area contributed by atoms with Crippen molar-refractivity contribution in [3.05, 3.63) is 48.3 Å². The minimum absolute atomic E-state index is 0.227. The molecule has 3 aromatic rings. The van der Waals surface area contributed by atoms with E-state index in [4.69, 9.17) is 9.47 Å². The third-order valence-electron chi connectivity index (χ3n) is 4.50. The number of rotatable bonds is 3. The third-order valence-corrected chi connectivity index (χ3v) is 4.50. The van der Waals surface area contributed by atoms with Gasteiger partial charge in [0.05, 0.1) is 25.6 Å². The summed E-state index contributed by atoms with van der Waals surface area (Å²) in [5, 5.41) is 12.4. The Bertz CT molecular complexity index is 920. The second-order valence-corrected chi connectivity index (χ2v) is 6.11. The minimum atomic E-state index is 0.227. The number of hydrogen-bond acceptors (Lipinski definition) is 5. The zero-order valence-corrected chi connectivity index (χ0v) is 16.5. The SMILES string of the molecule is CC.COc1cccc(-c2nnc3n2-c2ccc(OC)cc2NCC3C)c1. The quantitative estimate of drug-likeness (QED) is 0.739. The van der Waals surface area contributed by atoms with Gasteiger partial charge in [0.1, 0.15) is 17.3 Å². The summed E-state index contributed by atoms with van der Waals surface area (Å²) >= 11 is 0. The Labute approximate surface area is 160 Å². The second kappa shape index (κ2) is 8.12. The van der Waals surface area contributed by atoms with Gasteiger partial charge in [0.2, 0.25) is 0 Å². The van der Waals surface area contributed by atoms with Crippen LogP contribution in [0, 0.1) is 0 Å². The fourth-order valence-electron chi connectivity index (χ4n) is 3.14. The van der Waals surface area contributed by atoms with Crippen molar-refractivity contribution in [3.63, 3.8) is 0 Å². The van der Waals surface area contributed by atoms with Crippen molar-refractivity contribution in [3.8, 4) is 28.6 Å². The minimum Gasteiger partial charge on any atom is -0.497 e. The lowest BCUT2D eigenvalue weighted by Crippen LogP contribution is -2.09. The van der Waals surface area contributed by atoms with Crippen LogP contribution in [0.3, 0.4) is 0 Å². The van der Waals surface area contributed by atoms with Crippen molar-refractivity contribution in [2.45, 2.75) is 26.7 Å². The first-order valence-electron chi connectivity index (χ1n) is 9.23. The van der Waals surface area contributed by atoms with Crippen LogP contribution in [0.25, 0.3) is 17.1 Å². The topological polar surface area (TPSA) is 61.2 Å². The van der Waals surface area contributed by atoms with Crippen molar-refractivity contribution in [1.29, 1.82) is 0 Å². The van der Waals surface area contributed by atoms with Gasteiger partial charge in [0, 0.05) is 24.1 Å². The van der Waals surface area contributed by atoms with Gasteiger partial charge < -0.3 is 14.8 Å². The lowest BCUT2D eigenvalue weighted by molar-refractivity contribution is 0.415. The van der Waals surface area contributed by atoms with Crippen molar-refractivity contribution in [1.82, 2.24) is 14.8 Å². The van der Waals surface area contributed by atoms with Gasteiger partial charge in [-0.05, 0) is 24.3 Å². The largest absolute Gasteiger partial charge is 0.497 e. The van der Waals surface area contributed by atoms with Gasteiger partial charge in [0.15, 0.2) is 5.82 Å². The molecule has 4 rings (SSSR count). The van der Waals surface area contributed by atoms with Crippen LogP contribution in [0.1, 0.15) is 32.5 Å². The van der Waals surface area contributed by atoms with Crippen LogP contribution < -0.4 is 14.8 Å². The molecule has 2 heterocycles. The summed E-state index contributed by atoms with van der Waals surface area (Å²) in [4.78, 5) is 0. The average molecular weight is 366 g/mol. The highest BCUT2D eigenvalue weighted by Gasteiger charge is 2.25. The fraction of sp³-hybridized carbons (Fsp3) is 0.333. The van der Waals surface area contributed by atoms with Crippen LogP contribution in [-0.4, -0.2) is 35.5 Å². The van der Waals surface area contributed by atoms with Crippen molar-refractivity contribution < 1.29 is 9.47 Å². The monoisotopic (exact) mass is 366 g/mol. The molecule has 6 heteroatoms. The molecule has 0 aliphatic carbocycles. The number of fused-ring (bicyclic) bond motifs is 3. The van der Waals surface area contributed by atoms with Crippen LogP contribution in [0.5, 0.6) is 11.5 Å². The number of benzene rings is 2. The molecule has 0 spiro atoms. The maximum Gasteiger partial charge on any atom is 0.168 e. The molecule has 1 unspecified atom stereocenters. The normalized spacial score (nSPS) is 14.6. The van der Waals surface area contributed by atoms with Crippen molar-refractivity contribution in [2.24, 2.45) is 0 Å². The van der Waals surface area contributed by atoms with Crippen LogP contribution in [0.2, 0.25) is 0 Å². The Morgan fingerprint density at radius 3 is 2.48 bits per heavy atom. The lowest BCUT2D eigenvalue weighted by atomic mass is 10.1. The maximum atomic E-state index is 5.37. The molecule has 0 fully saturated rings. The smallest absolute Gasteiger partial charge is 0.168 e. The molecule has 0 bridgehead atoms. The first kappa shape index (κ1) is 18.8. The molecule has 0 amide bonds. The maximum absolute atomic E-state index is 5.37. The van der Waals surface area contributed by atoms with Gasteiger partial charge >= 0.3 is 0 Å². The first-order chi connectivity index (χ1) is 13.2. The molecular weight excluding hydrogens is 340 g/mol. The Morgan fingerprint density at radius 2 is 1.74 bits per heavy atom.